The number of hydrogen-bond acceptors (Lipinski definition) is 4. The minimum Gasteiger partial charge on any atom is -0.490 e. The number of nitrogens with zero attached hydrogens (tertiary/aromatic N) is 1. The average molecular weight is 351 g/mol. The molecule has 4 nitrogen and oxygen atoms in total. The quantitative estimate of drug-likeness (QED) is 0.886. The summed E-state index contributed by atoms with van der Waals surface area (Å²) < 4.78 is 11.3. The van der Waals surface area contributed by atoms with Crippen LogP contribution in [0.4, 0.5) is 0 Å². The van der Waals surface area contributed by atoms with Gasteiger partial charge >= 0.3 is 0 Å². The fourth-order valence-corrected chi connectivity index (χ4v) is 2.78. The molecule has 128 valence electrons. The zero-order chi connectivity index (χ0) is 14.5. The highest BCUT2D eigenvalue weighted by molar-refractivity contribution is 5.85. The number of ether oxygens (including phenoxy) is 2. The van der Waals surface area contributed by atoms with E-state index in [0.29, 0.717) is 19.1 Å². The lowest BCUT2D eigenvalue weighted by Crippen LogP contribution is -2.44. The first-order valence-corrected chi connectivity index (χ1v) is 7.49. The molecular weight excluding hydrogens is 323 g/mol. The van der Waals surface area contributed by atoms with Crippen LogP contribution in [0.3, 0.4) is 0 Å². The summed E-state index contributed by atoms with van der Waals surface area (Å²) in [5, 5.41) is 0. The highest BCUT2D eigenvalue weighted by atomic mass is 35.5. The monoisotopic (exact) mass is 350 g/mol. The zero-order valence-electron chi connectivity index (χ0n) is 13.6. The molecule has 2 N–H and O–H groups in total. The van der Waals surface area contributed by atoms with Crippen LogP contribution in [0.25, 0.3) is 0 Å². The maximum atomic E-state index is 6.30. The first-order valence-electron chi connectivity index (χ1n) is 7.49. The Bertz CT molecular complexity index is 446. The molecule has 0 aliphatic carbocycles. The lowest BCUT2D eigenvalue weighted by atomic mass is 9.86. The van der Waals surface area contributed by atoms with Gasteiger partial charge in [-0.15, -0.1) is 24.8 Å². The zero-order valence-corrected chi connectivity index (χ0v) is 15.2. The molecule has 2 rings (SSSR count). The molecule has 1 aliphatic heterocycles. The topological polar surface area (TPSA) is 47.7 Å². The number of likely N-dealkylation sites (N-methyl/N-ethyl adjacent to an activating group) is 1. The van der Waals surface area contributed by atoms with E-state index in [0.717, 1.165) is 31.0 Å². The molecule has 0 radical (unpaired) electrons. The molecule has 1 heterocycles. The van der Waals surface area contributed by atoms with Crippen molar-refractivity contribution >= 4 is 24.8 Å². The Morgan fingerprint density at radius 1 is 1.14 bits per heavy atom. The lowest BCUT2D eigenvalue weighted by Gasteiger charge is -2.35. The molecule has 22 heavy (non-hydrogen) atoms. The van der Waals surface area contributed by atoms with E-state index in [2.05, 4.69) is 24.1 Å². The lowest BCUT2D eigenvalue weighted by molar-refractivity contribution is 0.227. The Kier molecular flexibility index (Phi) is 9.85. The van der Waals surface area contributed by atoms with Gasteiger partial charge in [-0.05, 0) is 51.6 Å². The number of nitrogens with two attached hydrogens (primary N) is 1. The maximum Gasteiger partial charge on any atom is 0.161 e. The first-order chi connectivity index (χ1) is 9.65. The van der Waals surface area contributed by atoms with Gasteiger partial charge in [-0.25, -0.2) is 0 Å². The van der Waals surface area contributed by atoms with E-state index >= 15 is 0 Å². The third-order valence-corrected chi connectivity index (χ3v) is 3.86. The van der Waals surface area contributed by atoms with Gasteiger partial charge in [0, 0.05) is 18.5 Å². The number of likely N-dealkylation sites (tertiary alicyclic amines) is 1. The molecule has 0 aromatic heterocycles. The second-order valence-electron chi connectivity index (χ2n) is 5.39. The van der Waals surface area contributed by atoms with Gasteiger partial charge in [0.1, 0.15) is 0 Å². The molecule has 0 amide bonds. The van der Waals surface area contributed by atoms with Gasteiger partial charge in [-0.2, -0.15) is 0 Å². The average Bonchev–Trinajstić information content (AvgIpc) is 2.44. The van der Waals surface area contributed by atoms with Crippen LogP contribution < -0.4 is 15.2 Å². The van der Waals surface area contributed by atoms with Crippen molar-refractivity contribution < 1.29 is 9.47 Å². The molecule has 0 unspecified atom stereocenters. The van der Waals surface area contributed by atoms with Gasteiger partial charge < -0.3 is 20.1 Å². The highest BCUT2D eigenvalue weighted by Gasteiger charge is 2.26. The van der Waals surface area contributed by atoms with Gasteiger partial charge in [-0.1, -0.05) is 6.07 Å². The maximum absolute atomic E-state index is 6.30. The van der Waals surface area contributed by atoms with Crippen molar-refractivity contribution in [2.75, 3.05) is 33.4 Å². The Hall–Kier alpha value is -0.680. The van der Waals surface area contributed by atoms with E-state index < -0.39 is 0 Å². The standard InChI is InChI=1S/C16H26N2O2.2ClH/c1-4-19-15-7-6-12(10-16(15)20-5-2)13-11-18(3)9-8-14(13)17;;/h6-7,10,13-14H,4-5,8-9,11,17H2,1-3H3;2*1H/t13-,14-;;/m1../s1. The first kappa shape index (κ1) is 21.3. The fraction of sp³-hybridized carbons (Fsp3) is 0.625. The van der Waals surface area contributed by atoms with Gasteiger partial charge in [-0.3, -0.25) is 0 Å². The molecule has 1 aromatic rings. The molecule has 0 spiro atoms. The van der Waals surface area contributed by atoms with Crippen LogP contribution in [-0.4, -0.2) is 44.3 Å². The van der Waals surface area contributed by atoms with Crippen molar-refractivity contribution in [2.24, 2.45) is 5.73 Å². The Balaban J connectivity index is 0.00000220. The van der Waals surface area contributed by atoms with Crippen LogP contribution >= 0.6 is 24.8 Å². The van der Waals surface area contributed by atoms with E-state index in [4.69, 9.17) is 15.2 Å². The Morgan fingerprint density at radius 2 is 1.77 bits per heavy atom. The van der Waals surface area contributed by atoms with E-state index in [1.54, 1.807) is 0 Å². The summed E-state index contributed by atoms with van der Waals surface area (Å²) in [5.41, 5.74) is 7.54. The molecule has 1 fully saturated rings. The van der Waals surface area contributed by atoms with Crippen LogP contribution in [0, 0.1) is 0 Å². The van der Waals surface area contributed by atoms with Crippen molar-refractivity contribution in [1.82, 2.24) is 4.90 Å². The SMILES string of the molecule is CCOc1ccc([C@H]2CN(C)CC[C@H]2N)cc1OCC.Cl.Cl. The van der Waals surface area contributed by atoms with E-state index in [-0.39, 0.29) is 30.9 Å². The molecule has 0 bridgehead atoms. The summed E-state index contributed by atoms with van der Waals surface area (Å²) >= 11 is 0. The fourth-order valence-electron chi connectivity index (χ4n) is 2.78. The third-order valence-electron chi connectivity index (χ3n) is 3.86. The number of hydrogen-bond donors (Lipinski definition) is 1. The van der Waals surface area contributed by atoms with Crippen molar-refractivity contribution in [1.29, 1.82) is 0 Å². The summed E-state index contributed by atoms with van der Waals surface area (Å²) in [6.07, 6.45) is 1.04. The van der Waals surface area contributed by atoms with Gasteiger partial charge in [0.25, 0.3) is 0 Å². The summed E-state index contributed by atoms with van der Waals surface area (Å²) in [6.45, 7) is 7.33. The largest absolute Gasteiger partial charge is 0.490 e. The van der Waals surface area contributed by atoms with Crippen molar-refractivity contribution in [3.8, 4) is 11.5 Å². The summed E-state index contributed by atoms with van der Waals surface area (Å²) in [4.78, 5) is 2.34. The Labute approximate surface area is 146 Å². The van der Waals surface area contributed by atoms with Crippen LogP contribution in [0.5, 0.6) is 11.5 Å². The van der Waals surface area contributed by atoms with Crippen molar-refractivity contribution in [3.63, 3.8) is 0 Å². The minimum atomic E-state index is 0. The van der Waals surface area contributed by atoms with Crippen molar-refractivity contribution in [2.45, 2.75) is 32.2 Å². The summed E-state index contributed by atoms with van der Waals surface area (Å²) in [5.74, 6) is 2.01. The number of benzene rings is 1. The van der Waals surface area contributed by atoms with Crippen molar-refractivity contribution in [3.05, 3.63) is 23.8 Å². The van der Waals surface area contributed by atoms with Gasteiger partial charge in [0.05, 0.1) is 13.2 Å². The molecule has 6 heteroatoms. The Morgan fingerprint density at radius 3 is 2.41 bits per heavy atom. The van der Waals surface area contributed by atoms with Crippen LogP contribution in [0.2, 0.25) is 0 Å². The predicted molar refractivity (Wildman–Crippen MR) is 96.1 cm³/mol. The third kappa shape index (κ3) is 5.20. The molecule has 1 aromatic carbocycles. The number of piperidine rings is 1. The molecule has 0 saturated carbocycles. The second-order valence-corrected chi connectivity index (χ2v) is 5.39. The molecule has 1 aliphatic rings. The predicted octanol–water partition coefficient (Wildman–Crippen LogP) is 3.07. The number of rotatable bonds is 5. The highest BCUT2D eigenvalue weighted by Crippen LogP contribution is 2.34. The van der Waals surface area contributed by atoms with Gasteiger partial charge in [0.2, 0.25) is 0 Å². The number of halogens is 2. The summed E-state index contributed by atoms with van der Waals surface area (Å²) in [6, 6.07) is 6.44. The smallest absolute Gasteiger partial charge is 0.161 e. The molecule has 1 saturated heterocycles. The van der Waals surface area contributed by atoms with Crippen LogP contribution in [-0.2, 0) is 0 Å². The van der Waals surface area contributed by atoms with Crippen LogP contribution in [0.1, 0.15) is 31.7 Å². The van der Waals surface area contributed by atoms with E-state index in [9.17, 15) is 0 Å². The van der Waals surface area contributed by atoms with E-state index in [1.807, 2.05) is 19.9 Å². The molecule has 2 atom stereocenters. The second kappa shape index (κ2) is 10.2. The minimum absolute atomic E-state index is 0. The molecular formula is C16H28Cl2N2O2. The van der Waals surface area contributed by atoms with Gasteiger partial charge in [0.15, 0.2) is 11.5 Å². The van der Waals surface area contributed by atoms with Crippen LogP contribution in [0.15, 0.2) is 18.2 Å². The summed E-state index contributed by atoms with van der Waals surface area (Å²) in [7, 11) is 2.15. The van der Waals surface area contributed by atoms with E-state index in [1.165, 1.54) is 5.56 Å². The normalized spacial score (nSPS) is 21.5.